The summed E-state index contributed by atoms with van der Waals surface area (Å²) in [5.41, 5.74) is 2.43. The van der Waals surface area contributed by atoms with Crippen molar-refractivity contribution in [3.05, 3.63) is 47.2 Å². The lowest BCUT2D eigenvalue weighted by Gasteiger charge is -2.39. The topological polar surface area (TPSA) is 65.4 Å². The number of aryl methyl sites for hydroxylation is 1. The molecule has 4 rings (SSSR count). The smallest absolute Gasteiger partial charge is 0.135 e. The fourth-order valence-electron chi connectivity index (χ4n) is 4.06. The normalized spacial score (nSPS) is 20.5. The Morgan fingerprint density at radius 2 is 1.81 bits per heavy atom. The van der Waals surface area contributed by atoms with Crippen LogP contribution >= 0.6 is 0 Å². The van der Waals surface area contributed by atoms with Gasteiger partial charge in [-0.05, 0) is 45.4 Å². The van der Waals surface area contributed by atoms with Crippen molar-refractivity contribution in [3.63, 3.8) is 0 Å². The molecular weight excluding hydrogens is 326 g/mol. The fraction of sp³-hybridized carbons (Fsp3) is 0.550. The lowest BCUT2D eigenvalue weighted by Crippen LogP contribution is -2.44. The standard InChI is InChI=1S/C20H27N5O/c1-15-22-17-7-12-24(2)11-6-16(17)19(23-15)25-13-8-20(26,9-14-25)18-5-3-4-10-21-18/h3-5,10,26H,6-9,11-14H2,1-2H3. The highest BCUT2D eigenvalue weighted by Gasteiger charge is 2.36. The molecule has 0 saturated carbocycles. The molecule has 2 aromatic rings. The van der Waals surface area contributed by atoms with Gasteiger partial charge in [-0.1, -0.05) is 6.07 Å². The van der Waals surface area contributed by atoms with E-state index in [4.69, 9.17) is 9.97 Å². The van der Waals surface area contributed by atoms with Gasteiger partial charge < -0.3 is 14.9 Å². The average Bonchev–Trinajstić information content (AvgIpc) is 2.84. The zero-order valence-corrected chi connectivity index (χ0v) is 15.6. The quantitative estimate of drug-likeness (QED) is 0.886. The lowest BCUT2D eigenvalue weighted by atomic mass is 9.87. The zero-order chi connectivity index (χ0) is 18.1. The average molecular weight is 353 g/mol. The molecular formula is C20H27N5O. The van der Waals surface area contributed by atoms with Gasteiger partial charge in [0.2, 0.25) is 0 Å². The summed E-state index contributed by atoms with van der Waals surface area (Å²) >= 11 is 0. The third kappa shape index (κ3) is 3.31. The van der Waals surface area contributed by atoms with E-state index in [9.17, 15) is 5.11 Å². The highest BCUT2D eigenvalue weighted by atomic mass is 16.3. The summed E-state index contributed by atoms with van der Waals surface area (Å²) in [4.78, 5) is 18.6. The van der Waals surface area contributed by atoms with E-state index < -0.39 is 5.60 Å². The van der Waals surface area contributed by atoms with Gasteiger partial charge in [-0.2, -0.15) is 0 Å². The molecule has 138 valence electrons. The highest BCUT2D eigenvalue weighted by Crippen LogP contribution is 2.34. The molecule has 4 heterocycles. The van der Waals surface area contributed by atoms with Crippen LogP contribution in [0.1, 0.15) is 35.6 Å². The van der Waals surface area contributed by atoms with Crippen LogP contribution in [0.2, 0.25) is 0 Å². The van der Waals surface area contributed by atoms with Crippen molar-refractivity contribution in [1.29, 1.82) is 0 Å². The summed E-state index contributed by atoms with van der Waals surface area (Å²) in [6.45, 7) is 5.63. The fourth-order valence-corrected chi connectivity index (χ4v) is 4.06. The molecule has 0 radical (unpaired) electrons. The van der Waals surface area contributed by atoms with Gasteiger partial charge in [-0.25, -0.2) is 9.97 Å². The number of aliphatic hydroxyl groups is 1. The monoisotopic (exact) mass is 353 g/mol. The van der Waals surface area contributed by atoms with Crippen LogP contribution in [-0.4, -0.2) is 58.2 Å². The van der Waals surface area contributed by atoms with E-state index in [1.807, 2.05) is 25.1 Å². The number of pyridine rings is 1. The maximum atomic E-state index is 11.1. The number of piperidine rings is 1. The number of aromatic nitrogens is 3. The summed E-state index contributed by atoms with van der Waals surface area (Å²) in [7, 11) is 2.17. The van der Waals surface area contributed by atoms with Crippen molar-refractivity contribution in [2.75, 3.05) is 38.1 Å². The van der Waals surface area contributed by atoms with Crippen LogP contribution in [0.25, 0.3) is 0 Å². The van der Waals surface area contributed by atoms with Crippen LogP contribution in [-0.2, 0) is 18.4 Å². The van der Waals surface area contributed by atoms with Crippen LogP contribution in [0.15, 0.2) is 24.4 Å². The maximum Gasteiger partial charge on any atom is 0.135 e. The second kappa shape index (κ2) is 6.93. The van der Waals surface area contributed by atoms with Crippen LogP contribution < -0.4 is 4.90 Å². The van der Waals surface area contributed by atoms with Gasteiger partial charge in [0.1, 0.15) is 17.2 Å². The van der Waals surface area contributed by atoms with Gasteiger partial charge >= 0.3 is 0 Å². The van der Waals surface area contributed by atoms with E-state index in [-0.39, 0.29) is 0 Å². The molecule has 2 aliphatic rings. The Balaban J connectivity index is 1.58. The van der Waals surface area contributed by atoms with Gasteiger partial charge in [-0.15, -0.1) is 0 Å². The Morgan fingerprint density at radius 1 is 1.04 bits per heavy atom. The van der Waals surface area contributed by atoms with E-state index in [2.05, 4.69) is 21.8 Å². The number of anilines is 1. The summed E-state index contributed by atoms with van der Waals surface area (Å²) in [5.74, 6) is 1.92. The van der Waals surface area contributed by atoms with Crippen LogP contribution in [0.4, 0.5) is 5.82 Å². The van der Waals surface area contributed by atoms with Crippen molar-refractivity contribution in [2.45, 2.75) is 38.2 Å². The molecule has 1 N–H and O–H groups in total. The van der Waals surface area contributed by atoms with Crippen molar-refractivity contribution in [3.8, 4) is 0 Å². The molecule has 1 fully saturated rings. The van der Waals surface area contributed by atoms with E-state index >= 15 is 0 Å². The molecule has 0 bridgehead atoms. The molecule has 0 unspecified atom stereocenters. The number of hydrogen-bond donors (Lipinski definition) is 1. The largest absolute Gasteiger partial charge is 0.383 e. The molecule has 0 amide bonds. The second-order valence-electron chi connectivity index (χ2n) is 7.56. The molecule has 26 heavy (non-hydrogen) atoms. The number of hydrogen-bond acceptors (Lipinski definition) is 6. The van der Waals surface area contributed by atoms with Crippen LogP contribution in [0, 0.1) is 6.92 Å². The van der Waals surface area contributed by atoms with Crippen molar-refractivity contribution in [1.82, 2.24) is 19.9 Å². The molecule has 0 aromatic carbocycles. The number of nitrogens with zero attached hydrogens (tertiary/aromatic N) is 5. The maximum absolute atomic E-state index is 11.1. The van der Waals surface area contributed by atoms with Crippen LogP contribution in [0.5, 0.6) is 0 Å². The van der Waals surface area contributed by atoms with Gasteiger partial charge in [0, 0.05) is 44.4 Å². The van der Waals surface area contributed by atoms with E-state index in [0.717, 1.165) is 56.4 Å². The van der Waals surface area contributed by atoms with Crippen molar-refractivity contribution >= 4 is 5.82 Å². The number of fused-ring (bicyclic) bond motifs is 1. The van der Waals surface area contributed by atoms with E-state index in [0.29, 0.717) is 12.8 Å². The third-order valence-corrected chi connectivity index (χ3v) is 5.69. The summed E-state index contributed by atoms with van der Waals surface area (Å²) in [6, 6.07) is 5.75. The Labute approximate surface area is 154 Å². The predicted octanol–water partition coefficient (Wildman–Crippen LogP) is 1.70. The van der Waals surface area contributed by atoms with Crippen molar-refractivity contribution < 1.29 is 5.11 Å². The number of likely N-dealkylation sites (N-methyl/N-ethyl adjacent to an activating group) is 1. The summed E-state index contributed by atoms with van der Waals surface area (Å²) < 4.78 is 0. The molecule has 2 aliphatic heterocycles. The Hall–Kier alpha value is -2.05. The first-order valence-electron chi connectivity index (χ1n) is 9.49. The molecule has 2 aromatic heterocycles. The minimum absolute atomic E-state index is 0.668. The molecule has 0 spiro atoms. The molecule has 0 atom stereocenters. The first-order valence-corrected chi connectivity index (χ1v) is 9.49. The van der Waals surface area contributed by atoms with Gasteiger partial charge in [0.05, 0.1) is 11.4 Å². The van der Waals surface area contributed by atoms with E-state index in [1.54, 1.807) is 6.20 Å². The van der Waals surface area contributed by atoms with Gasteiger partial charge in [0.15, 0.2) is 0 Å². The summed E-state index contributed by atoms with van der Waals surface area (Å²) in [5, 5.41) is 11.1. The Bertz CT molecular complexity index is 771. The molecule has 1 saturated heterocycles. The highest BCUT2D eigenvalue weighted by molar-refractivity contribution is 5.51. The number of rotatable bonds is 2. The molecule has 6 nitrogen and oxygen atoms in total. The van der Waals surface area contributed by atoms with E-state index in [1.165, 1.54) is 11.3 Å². The first-order chi connectivity index (χ1) is 12.5. The Morgan fingerprint density at radius 3 is 2.54 bits per heavy atom. The predicted molar refractivity (Wildman–Crippen MR) is 101 cm³/mol. The molecule has 6 heteroatoms. The van der Waals surface area contributed by atoms with Gasteiger partial charge in [-0.3, -0.25) is 4.98 Å². The van der Waals surface area contributed by atoms with Gasteiger partial charge in [0.25, 0.3) is 0 Å². The Kier molecular flexibility index (Phi) is 4.63. The minimum Gasteiger partial charge on any atom is -0.383 e. The lowest BCUT2D eigenvalue weighted by molar-refractivity contribution is 0.00746. The third-order valence-electron chi connectivity index (χ3n) is 5.69. The SMILES string of the molecule is Cc1nc2c(c(N3CCC(O)(c4ccccn4)CC3)n1)CCN(C)CC2. The van der Waals surface area contributed by atoms with Crippen LogP contribution in [0.3, 0.4) is 0 Å². The van der Waals surface area contributed by atoms with Crippen molar-refractivity contribution in [2.24, 2.45) is 0 Å². The minimum atomic E-state index is -0.836. The summed E-state index contributed by atoms with van der Waals surface area (Å²) in [6.07, 6.45) is 5.06. The second-order valence-corrected chi connectivity index (χ2v) is 7.56. The zero-order valence-electron chi connectivity index (χ0n) is 15.6. The molecule has 0 aliphatic carbocycles. The first kappa shape index (κ1) is 17.4.